The molecule has 1 aliphatic rings. The van der Waals surface area contributed by atoms with Crippen molar-refractivity contribution in [2.75, 3.05) is 24.0 Å². The van der Waals surface area contributed by atoms with Gasteiger partial charge in [-0.2, -0.15) is 0 Å². The van der Waals surface area contributed by atoms with Crippen LogP contribution < -0.4 is 16.2 Å². The zero-order valence-corrected chi connectivity index (χ0v) is 18.8. The number of pyridine rings is 2. The first kappa shape index (κ1) is 23.8. The van der Waals surface area contributed by atoms with Crippen LogP contribution in [-0.4, -0.2) is 35.0 Å². The number of benzene rings is 1. The average Bonchev–Trinajstić information content (AvgIpc) is 3.20. The number of amides is 1. The van der Waals surface area contributed by atoms with Crippen molar-refractivity contribution in [1.82, 2.24) is 9.55 Å². The third-order valence-corrected chi connectivity index (χ3v) is 5.93. The first-order valence-corrected chi connectivity index (χ1v) is 11.1. The van der Waals surface area contributed by atoms with Crippen molar-refractivity contribution >= 4 is 29.0 Å². The molecule has 0 aliphatic heterocycles. The Morgan fingerprint density at radius 2 is 2.06 bits per heavy atom. The lowest BCUT2D eigenvalue weighted by Gasteiger charge is -2.19. The molecule has 0 spiro atoms. The summed E-state index contributed by atoms with van der Waals surface area (Å²) in [6, 6.07) is 12.2. The van der Waals surface area contributed by atoms with Crippen molar-refractivity contribution in [2.45, 2.75) is 19.0 Å². The van der Waals surface area contributed by atoms with Crippen molar-refractivity contribution in [3.8, 4) is 5.69 Å². The van der Waals surface area contributed by atoms with Gasteiger partial charge in [0.25, 0.3) is 5.56 Å². The van der Waals surface area contributed by atoms with E-state index in [1.54, 1.807) is 36.5 Å². The number of carbonyl (C=O) groups excluding carboxylic acids is 1. The molecule has 0 bridgehead atoms. The second-order valence-electron chi connectivity index (χ2n) is 8.05. The van der Waals surface area contributed by atoms with E-state index in [4.69, 9.17) is 16.3 Å². The largest absolute Gasteiger partial charge is 0.361 e. The number of hydrogen-bond donors (Lipinski definition) is 2. The predicted molar refractivity (Wildman–Crippen MR) is 125 cm³/mol. The number of carbonyl (C=O) groups is 1. The summed E-state index contributed by atoms with van der Waals surface area (Å²) in [7, 11) is 0. The van der Waals surface area contributed by atoms with E-state index in [-0.39, 0.29) is 49.3 Å². The van der Waals surface area contributed by atoms with Crippen LogP contribution in [0.3, 0.4) is 0 Å². The van der Waals surface area contributed by atoms with Crippen molar-refractivity contribution in [1.29, 1.82) is 0 Å². The van der Waals surface area contributed by atoms with E-state index >= 15 is 0 Å². The van der Waals surface area contributed by atoms with E-state index in [1.807, 2.05) is 0 Å². The normalized spacial score (nSPS) is 19.7. The summed E-state index contributed by atoms with van der Waals surface area (Å²) in [5, 5.41) is 5.96. The van der Waals surface area contributed by atoms with Gasteiger partial charge in [0.15, 0.2) is 0 Å². The number of anilines is 2. The van der Waals surface area contributed by atoms with E-state index in [1.165, 1.54) is 29.0 Å². The van der Waals surface area contributed by atoms with Crippen LogP contribution in [0.2, 0.25) is 5.02 Å². The van der Waals surface area contributed by atoms with Crippen LogP contribution in [0, 0.1) is 17.7 Å². The van der Waals surface area contributed by atoms with E-state index in [0.717, 1.165) is 0 Å². The van der Waals surface area contributed by atoms with Gasteiger partial charge in [-0.1, -0.05) is 17.7 Å². The number of nitrogens with zero attached hydrogens (tertiary/aromatic N) is 2. The molecule has 7 nitrogen and oxygen atoms in total. The molecule has 1 amide bonds. The second kappa shape index (κ2) is 10.8. The topological polar surface area (TPSA) is 85.2 Å². The maximum Gasteiger partial charge on any atom is 0.255 e. The van der Waals surface area contributed by atoms with Crippen molar-refractivity contribution in [3.05, 3.63) is 82.1 Å². The van der Waals surface area contributed by atoms with Crippen LogP contribution in [0.4, 0.5) is 20.3 Å². The molecule has 10 heteroatoms. The fourth-order valence-corrected chi connectivity index (χ4v) is 4.12. The molecular formula is C24H23ClF2N4O3. The van der Waals surface area contributed by atoms with E-state index in [2.05, 4.69) is 15.6 Å². The summed E-state index contributed by atoms with van der Waals surface area (Å²) in [6.07, 6.45) is 2.20. The quantitative estimate of drug-likeness (QED) is 0.362. The molecule has 178 valence electrons. The van der Waals surface area contributed by atoms with Crippen molar-refractivity contribution in [3.63, 3.8) is 0 Å². The van der Waals surface area contributed by atoms with Gasteiger partial charge in [0, 0.05) is 30.4 Å². The number of ether oxygens (including phenoxy) is 1. The first-order valence-electron chi connectivity index (χ1n) is 10.8. The molecule has 1 fully saturated rings. The van der Waals surface area contributed by atoms with Gasteiger partial charge in [0.2, 0.25) is 5.91 Å². The Labute approximate surface area is 199 Å². The highest BCUT2D eigenvalue weighted by Crippen LogP contribution is 2.35. The van der Waals surface area contributed by atoms with Gasteiger partial charge in [0.05, 0.1) is 23.0 Å². The Morgan fingerprint density at radius 3 is 2.79 bits per heavy atom. The fraction of sp³-hybridized carbons (Fsp3) is 0.292. The number of rotatable bonds is 8. The lowest BCUT2D eigenvalue weighted by molar-refractivity contribution is -0.121. The molecule has 34 heavy (non-hydrogen) atoms. The summed E-state index contributed by atoms with van der Waals surface area (Å²) < 4.78 is 35.5. The zero-order chi connectivity index (χ0) is 24.1. The molecule has 0 saturated heterocycles. The molecular weight excluding hydrogens is 466 g/mol. The summed E-state index contributed by atoms with van der Waals surface area (Å²) in [5.41, 5.74) is 0.336. The van der Waals surface area contributed by atoms with Crippen molar-refractivity contribution in [2.24, 2.45) is 11.8 Å². The Morgan fingerprint density at radius 1 is 1.21 bits per heavy atom. The molecule has 1 aliphatic carbocycles. The summed E-state index contributed by atoms with van der Waals surface area (Å²) in [4.78, 5) is 28.6. The van der Waals surface area contributed by atoms with E-state index in [0.29, 0.717) is 16.5 Å². The number of alkyl halides is 1. The third kappa shape index (κ3) is 5.78. The maximum atomic E-state index is 14.5. The standard InChI is InChI=1S/C24H23ClF2N4O3/c25-16-4-7-22(28-12-16)30-24(33)19-10-17(26)9-15(19)13-34-14-29-21-6-5-18(11-20(21)27)31-8-2-1-3-23(31)32/h1-8,11-12,15,17,19,29H,9-10,13-14H2,(H,28,30,33)/t15-,17+,19+/m1/s1. The van der Waals surface area contributed by atoms with Crippen LogP contribution in [0.1, 0.15) is 12.8 Å². The molecule has 2 heterocycles. The number of hydrogen-bond acceptors (Lipinski definition) is 5. The highest BCUT2D eigenvalue weighted by Gasteiger charge is 2.39. The lowest BCUT2D eigenvalue weighted by Crippen LogP contribution is -2.29. The van der Waals surface area contributed by atoms with Crippen LogP contribution in [-0.2, 0) is 9.53 Å². The number of nitrogens with one attached hydrogen (secondary N) is 2. The number of halogens is 3. The number of aromatic nitrogens is 2. The molecule has 3 atom stereocenters. The Hall–Kier alpha value is -3.30. The predicted octanol–water partition coefficient (Wildman–Crippen LogP) is 4.41. The SMILES string of the molecule is O=C(Nc1ccc(Cl)cn1)[C@H]1C[C@@H](F)C[C@@H]1COCNc1ccc(-n2ccccc2=O)cc1F. The van der Waals surface area contributed by atoms with Gasteiger partial charge < -0.3 is 15.4 Å². The van der Waals surface area contributed by atoms with Crippen LogP contribution >= 0.6 is 11.6 Å². The molecule has 3 aromatic rings. The Bertz CT molecular complexity index is 1210. The second-order valence-corrected chi connectivity index (χ2v) is 8.49. The molecule has 4 rings (SSSR count). The molecule has 1 aromatic carbocycles. The summed E-state index contributed by atoms with van der Waals surface area (Å²) in [5.74, 6) is -1.41. The Kier molecular flexibility index (Phi) is 7.54. The average molecular weight is 489 g/mol. The first-order chi connectivity index (χ1) is 16.4. The minimum Gasteiger partial charge on any atom is -0.361 e. The molecule has 0 unspecified atom stereocenters. The fourth-order valence-electron chi connectivity index (χ4n) is 4.01. The van der Waals surface area contributed by atoms with E-state index in [9.17, 15) is 18.4 Å². The highest BCUT2D eigenvalue weighted by atomic mass is 35.5. The van der Waals surface area contributed by atoms with Gasteiger partial charge in [-0.3, -0.25) is 14.2 Å². The van der Waals surface area contributed by atoms with Crippen LogP contribution in [0.25, 0.3) is 5.69 Å². The van der Waals surface area contributed by atoms with Gasteiger partial charge in [-0.15, -0.1) is 0 Å². The molecule has 2 aromatic heterocycles. The summed E-state index contributed by atoms with van der Waals surface area (Å²) in [6.45, 7) is 0.112. The smallest absolute Gasteiger partial charge is 0.255 e. The van der Waals surface area contributed by atoms with Crippen LogP contribution in [0.5, 0.6) is 0 Å². The van der Waals surface area contributed by atoms with Crippen LogP contribution in [0.15, 0.2) is 65.7 Å². The van der Waals surface area contributed by atoms with Gasteiger partial charge in [0.1, 0.15) is 24.5 Å². The summed E-state index contributed by atoms with van der Waals surface area (Å²) >= 11 is 5.80. The third-order valence-electron chi connectivity index (χ3n) is 5.70. The van der Waals surface area contributed by atoms with Gasteiger partial charge >= 0.3 is 0 Å². The maximum absolute atomic E-state index is 14.5. The Balaban J connectivity index is 1.30. The monoisotopic (exact) mass is 488 g/mol. The van der Waals surface area contributed by atoms with Gasteiger partial charge in [-0.05, 0) is 49.1 Å². The zero-order valence-electron chi connectivity index (χ0n) is 18.1. The lowest BCUT2D eigenvalue weighted by atomic mass is 9.96. The van der Waals surface area contributed by atoms with E-state index < -0.39 is 17.9 Å². The molecule has 2 N–H and O–H groups in total. The minimum atomic E-state index is -1.10. The molecule has 1 saturated carbocycles. The van der Waals surface area contributed by atoms with Gasteiger partial charge in [-0.25, -0.2) is 13.8 Å². The minimum absolute atomic E-state index is 0.0257. The molecule has 0 radical (unpaired) electrons. The van der Waals surface area contributed by atoms with Crippen molar-refractivity contribution < 1.29 is 18.3 Å². The highest BCUT2D eigenvalue weighted by molar-refractivity contribution is 6.30.